The average Bonchev–Trinajstić information content (AvgIpc) is 2.23. The van der Waals surface area contributed by atoms with E-state index in [0.717, 1.165) is 31.0 Å². The van der Waals surface area contributed by atoms with Gasteiger partial charge in [0, 0.05) is 31.0 Å². The molecule has 1 aromatic rings. The van der Waals surface area contributed by atoms with E-state index in [2.05, 4.69) is 49.4 Å². The van der Waals surface area contributed by atoms with Crippen molar-refractivity contribution in [2.75, 3.05) is 23.7 Å². The third-order valence-electron chi connectivity index (χ3n) is 2.14. The maximum absolute atomic E-state index is 4.27. The highest BCUT2D eigenvalue weighted by atomic mass is 15.0. The number of aromatic nitrogens is 1. The fourth-order valence-electron chi connectivity index (χ4n) is 1.26. The second-order valence-corrected chi connectivity index (χ2v) is 5.27. The number of rotatable bonds is 5. The van der Waals surface area contributed by atoms with Crippen molar-refractivity contribution < 1.29 is 0 Å². The summed E-state index contributed by atoms with van der Waals surface area (Å²) in [6.45, 7) is 10.7. The summed E-state index contributed by atoms with van der Waals surface area (Å²) < 4.78 is 0. The first-order valence-corrected chi connectivity index (χ1v) is 5.95. The van der Waals surface area contributed by atoms with E-state index in [0.29, 0.717) is 5.41 Å². The van der Waals surface area contributed by atoms with E-state index in [9.17, 15) is 0 Å². The van der Waals surface area contributed by atoms with Gasteiger partial charge in [-0.2, -0.15) is 0 Å². The van der Waals surface area contributed by atoms with Crippen LogP contribution in [0.3, 0.4) is 0 Å². The number of pyridine rings is 1. The third kappa shape index (κ3) is 5.01. The van der Waals surface area contributed by atoms with Crippen molar-refractivity contribution in [2.45, 2.75) is 34.1 Å². The van der Waals surface area contributed by atoms with E-state index >= 15 is 0 Å². The third-order valence-corrected chi connectivity index (χ3v) is 2.14. The molecular formula is C13H23N3. The Labute approximate surface area is 98.7 Å². The highest BCUT2D eigenvalue weighted by Crippen LogP contribution is 2.17. The minimum atomic E-state index is 0.292. The normalized spacial score (nSPS) is 11.2. The Balaban J connectivity index is 2.53. The molecule has 1 aromatic heterocycles. The van der Waals surface area contributed by atoms with E-state index in [-0.39, 0.29) is 0 Å². The summed E-state index contributed by atoms with van der Waals surface area (Å²) in [7, 11) is 0. The first-order valence-electron chi connectivity index (χ1n) is 5.95. The molecule has 0 spiro atoms. The van der Waals surface area contributed by atoms with Gasteiger partial charge in [-0.15, -0.1) is 0 Å². The molecule has 0 fully saturated rings. The van der Waals surface area contributed by atoms with Crippen LogP contribution in [-0.2, 0) is 0 Å². The summed E-state index contributed by atoms with van der Waals surface area (Å²) in [5, 5.41) is 6.70. The minimum Gasteiger partial charge on any atom is -0.384 e. The fraction of sp³-hybridized carbons (Fsp3) is 0.615. The van der Waals surface area contributed by atoms with Gasteiger partial charge in [0.25, 0.3) is 0 Å². The maximum Gasteiger partial charge on any atom is 0.127 e. The highest BCUT2D eigenvalue weighted by Gasteiger charge is 2.09. The van der Waals surface area contributed by atoms with Gasteiger partial charge < -0.3 is 10.6 Å². The Morgan fingerprint density at radius 2 is 2.00 bits per heavy atom. The zero-order chi connectivity index (χ0) is 12.0. The molecule has 1 heterocycles. The lowest BCUT2D eigenvalue weighted by molar-refractivity contribution is 0.443. The zero-order valence-corrected chi connectivity index (χ0v) is 10.8. The topological polar surface area (TPSA) is 37.0 Å². The van der Waals surface area contributed by atoms with Crippen LogP contribution in [0, 0.1) is 5.41 Å². The minimum absolute atomic E-state index is 0.292. The van der Waals surface area contributed by atoms with Crippen LogP contribution in [0.25, 0.3) is 0 Å². The number of nitrogens with zero attached hydrogens (tertiary/aromatic N) is 1. The molecule has 0 atom stereocenters. The van der Waals surface area contributed by atoms with Crippen molar-refractivity contribution in [1.82, 2.24) is 4.98 Å². The fourth-order valence-corrected chi connectivity index (χ4v) is 1.26. The molecule has 0 aliphatic rings. The van der Waals surface area contributed by atoms with Crippen molar-refractivity contribution in [1.29, 1.82) is 0 Å². The van der Waals surface area contributed by atoms with Crippen LogP contribution >= 0.6 is 0 Å². The lowest BCUT2D eigenvalue weighted by Crippen LogP contribution is -2.19. The second kappa shape index (κ2) is 5.73. The molecule has 0 saturated heterocycles. The van der Waals surface area contributed by atoms with Crippen molar-refractivity contribution >= 4 is 11.5 Å². The average molecular weight is 221 g/mol. The Kier molecular flexibility index (Phi) is 4.59. The Morgan fingerprint density at radius 1 is 1.25 bits per heavy atom. The standard InChI is InChI=1S/C13H23N3/c1-5-7-14-12-9-11(6-8-15-12)16-10-13(2,3)4/h6,8-9H,5,7,10H2,1-4H3,(H2,14,15,16). The predicted molar refractivity (Wildman–Crippen MR) is 71.0 cm³/mol. The lowest BCUT2D eigenvalue weighted by atomic mass is 9.97. The largest absolute Gasteiger partial charge is 0.384 e. The second-order valence-electron chi connectivity index (χ2n) is 5.27. The molecule has 3 heteroatoms. The van der Waals surface area contributed by atoms with Crippen LogP contribution in [0.15, 0.2) is 18.3 Å². The number of anilines is 2. The van der Waals surface area contributed by atoms with E-state index in [1.54, 1.807) is 0 Å². The van der Waals surface area contributed by atoms with Crippen LogP contribution < -0.4 is 10.6 Å². The monoisotopic (exact) mass is 221 g/mol. The van der Waals surface area contributed by atoms with Gasteiger partial charge >= 0.3 is 0 Å². The first-order chi connectivity index (χ1) is 7.51. The molecule has 0 bridgehead atoms. The first kappa shape index (κ1) is 12.8. The van der Waals surface area contributed by atoms with Crippen LogP contribution in [-0.4, -0.2) is 18.1 Å². The van der Waals surface area contributed by atoms with Gasteiger partial charge in [0.2, 0.25) is 0 Å². The summed E-state index contributed by atoms with van der Waals surface area (Å²) in [6.07, 6.45) is 2.95. The number of hydrogen-bond donors (Lipinski definition) is 2. The van der Waals surface area contributed by atoms with Crippen LogP contribution in [0.1, 0.15) is 34.1 Å². The molecule has 0 aromatic carbocycles. The molecule has 0 saturated carbocycles. The summed E-state index contributed by atoms with van der Waals surface area (Å²) in [4.78, 5) is 4.27. The molecular weight excluding hydrogens is 198 g/mol. The predicted octanol–water partition coefficient (Wildman–Crippen LogP) is 3.36. The number of hydrogen-bond acceptors (Lipinski definition) is 3. The Hall–Kier alpha value is -1.25. The molecule has 1 rings (SSSR count). The van der Waals surface area contributed by atoms with E-state index in [4.69, 9.17) is 0 Å². The van der Waals surface area contributed by atoms with Crippen LogP contribution in [0.5, 0.6) is 0 Å². The molecule has 0 unspecified atom stereocenters. The quantitative estimate of drug-likeness (QED) is 0.800. The SMILES string of the molecule is CCCNc1cc(NCC(C)(C)C)ccn1. The van der Waals surface area contributed by atoms with Gasteiger partial charge in [-0.25, -0.2) is 4.98 Å². The summed E-state index contributed by atoms with van der Waals surface area (Å²) in [5.41, 5.74) is 1.42. The van der Waals surface area contributed by atoms with Gasteiger partial charge in [0.15, 0.2) is 0 Å². The van der Waals surface area contributed by atoms with Crippen molar-refractivity contribution in [3.05, 3.63) is 18.3 Å². The zero-order valence-electron chi connectivity index (χ0n) is 10.8. The smallest absolute Gasteiger partial charge is 0.127 e. The summed E-state index contributed by atoms with van der Waals surface area (Å²) in [6, 6.07) is 4.06. The van der Waals surface area contributed by atoms with Crippen LogP contribution in [0.4, 0.5) is 11.5 Å². The molecule has 16 heavy (non-hydrogen) atoms. The van der Waals surface area contributed by atoms with Crippen molar-refractivity contribution in [3.63, 3.8) is 0 Å². The molecule has 0 aliphatic carbocycles. The van der Waals surface area contributed by atoms with Crippen molar-refractivity contribution in [3.8, 4) is 0 Å². The van der Waals surface area contributed by atoms with Crippen LogP contribution in [0.2, 0.25) is 0 Å². The summed E-state index contributed by atoms with van der Waals surface area (Å²) in [5.74, 6) is 0.945. The van der Waals surface area contributed by atoms with E-state index in [1.807, 2.05) is 12.3 Å². The van der Waals surface area contributed by atoms with E-state index in [1.165, 1.54) is 0 Å². The maximum atomic E-state index is 4.27. The molecule has 0 aliphatic heterocycles. The highest BCUT2D eigenvalue weighted by molar-refractivity contribution is 5.51. The summed E-state index contributed by atoms with van der Waals surface area (Å²) >= 11 is 0. The molecule has 0 amide bonds. The molecule has 90 valence electrons. The van der Waals surface area contributed by atoms with Gasteiger partial charge in [-0.3, -0.25) is 0 Å². The Bertz CT molecular complexity index is 315. The lowest BCUT2D eigenvalue weighted by Gasteiger charge is -2.19. The Morgan fingerprint density at radius 3 is 2.62 bits per heavy atom. The number of nitrogens with one attached hydrogen (secondary N) is 2. The van der Waals surface area contributed by atoms with Gasteiger partial charge in [0.05, 0.1) is 0 Å². The van der Waals surface area contributed by atoms with Gasteiger partial charge in [-0.1, -0.05) is 27.7 Å². The molecule has 0 radical (unpaired) electrons. The van der Waals surface area contributed by atoms with Gasteiger partial charge in [-0.05, 0) is 17.9 Å². The van der Waals surface area contributed by atoms with E-state index < -0.39 is 0 Å². The molecule has 3 nitrogen and oxygen atoms in total. The van der Waals surface area contributed by atoms with Gasteiger partial charge in [0.1, 0.15) is 5.82 Å². The van der Waals surface area contributed by atoms with Crippen molar-refractivity contribution in [2.24, 2.45) is 5.41 Å². The molecule has 2 N–H and O–H groups in total.